The summed E-state index contributed by atoms with van der Waals surface area (Å²) in [6.45, 7) is 8.54. The molecule has 0 aromatic heterocycles. The van der Waals surface area contributed by atoms with Crippen LogP contribution in [0.1, 0.15) is 13.3 Å². The molecule has 1 saturated heterocycles. The summed E-state index contributed by atoms with van der Waals surface area (Å²) in [5, 5.41) is 5.81. The molecule has 2 heterocycles. The largest absolute Gasteiger partial charge is 0.492 e. The second-order valence-corrected chi connectivity index (χ2v) is 9.28. The van der Waals surface area contributed by atoms with Gasteiger partial charge in [0.1, 0.15) is 12.4 Å². The Kier molecular flexibility index (Phi) is 9.40. The highest BCUT2D eigenvalue weighted by atomic mass is 16.5. The Labute approximate surface area is 219 Å². The van der Waals surface area contributed by atoms with Gasteiger partial charge in [-0.05, 0) is 50.7 Å². The number of anilines is 3. The predicted octanol–water partition coefficient (Wildman–Crippen LogP) is 3.66. The molecule has 0 unspecified atom stereocenters. The van der Waals surface area contributed by atoms with E-state index in [-0.39, 0.29) is 5.91 Å². The summed E-state index contributed by atoms with van der Waals surface area (Å²) in [7, 11) is 2.03. The summed E-state index contributed by atoms with van der Waals surface area (Å²) in [6, 6.07) is 15.3. The highest BCUT2D eigenvalue weighted by Gasteiger charge is 2.19. The Morgan fingerprint density at radius 1 is 0.973 bits per heavy atom. The van der Waals surface area contributed by atoms with Gasteiger partial charge < -0.3 is 24.6 Å². The predicted molar refractivity (Wildman–Crippen MR) is 147 cm³/mol. The summed E-state index contributed by atoms with van der Waals surface area (Å²) >= 11 is 0. The second kappa shape index (κ2) is 13.1. The third-order valence-electron chi connectivity index (χ3n) is 6.54. The number of amides is 2. The maximum absolute atomic E-state index is 12.7. The van der Waals surface area contributed by atoms with Gasteiger partial charge in [0.2, 0.25) is 0 Å². The van der Waals surface area contributed by atoms with E-state index in [4.69, 9.17) is 9.47 Å². The van der Waals surface area contributed by atoms with E-state index in [1.807, 2.05) is 56.4 Å². The van der Waals surface area contributed by atoms with E-state index in [2.05, 4.69) is 31.4 Å². The Balaban J connectivity index is 1.19. The van der Waals surface area contributed by atoms with E-state index < -0.39 is 6.09 Å². The van der Waals surface area contributed by atoms with Crippen molar-refractivity contribution in [3.05, 3.63) is 60.2 Å². The fraction of sp³-hybridized carbons (Fsp3) is 0.429. The molecular weight excluding hydrogens is 470 g/mol. The van der Waals surface area contributed by atoms with Crippen molar-refractivity contribution in [2.45, 2.75) is 13.3 Å². The lowest BCUT2D eigenvalue weighted by Crippen LogP contribution is -2.47. The molecule has 0 saturated carbocycles. The van der Waals surface area contributed by atoms with Crippen LogP contribution in [0.3, 0.4) is 0 Å². The molecule has 2 aromatic carbocycles. The van der Waals surface area contributed by atoms with E-state index in [0.29, 0.717) is 37.7 Å². The van der Waals surface area contributed by atoms with E-state index in [1.165, 1.54) is 0 Å². The molecule has 4 rings (SSSR count). The molecule has 9 heteroatoms. The van der Waals surface area contributed by atoms with Gasteiger partial charge in [0.15, 0.2) is 0 Å². The van der Waals surface area contributed by atoms with E-state index in [1.54, 1.807) is 6.07 Å². The molecule has 2 N–H and O–H groups in total. The quantitative estimate of drug-likeness (QED) is 0.536. The Morgan fingerprint density at radius 3 is 2.57 bits per heavy atom. The van der Waals surface area contributed by atoms with Crippen LogP contribution < -0.4 is 20.3 Å². The number of carbonyl (C=O) groups is 2. The number of para-hydroxylation sites is 2. The maximum atomic E-state index is 12.7. The van der Waals surface area contributed by atoms with Crippen molar-refractivity contribution >= 4 is 29.1 Å². The first-order valence-corrected chi connectivity index (χ1v) is 12.9. The lowest BCUT2D eigenvalue weighted by Gasteiger charge is -2.36. The highest BCUT2D eigenvalue weighted by Crippen LogP contribution is 2.24. The van der Waals surface area contributed by atoms with Gasteiger partial charge in [-0.1, -0.05) is 24.3 Å². The molecule has 2 aliphatic heterocycles. The van der Waals surface area contributed by atoms with Crippen LogP contribution in [0.25, 0.3) is 0 Å². The van der Waals surface area contributed by atoms with Crippen molar-refractivity contribution in [3.63, 3.8) is 0 Å². The molecule has 2 amide bonds. The summed E-state index contributed by atoms with van der Waals surface area (Å²) < 4.78 is 10.9. The van der Waals surface area contributed by atoms with Crippen molar-refractivity contribution in [1.29, 1.82) is 0 Å². The molecule has 0 bridgehead atoms. The molecule has 9 nitrogen and oxygen atoms in total. The third-order valence-corrected chi connectivity index (χ3v) is 6.54. The first-order valence-electron chi connectivity index (χ1n) is 12.9. The minimum Gasteiger partial charge on any atom is -0.492 e. The van der Waals surface area contributed by atoms with Gasteiger partial charge in [0.05, 0.1) is 12.3 Å². The number of piperazine rings is 1. The van der Waals surface area contributed by atoms with Gasteiger partial charge in [-0.2, -0.15) is 0 Å². The van der Waals surface area contributed by atoms with Gasteiger partial charge in [-0.3, -0.25) is 15.0 Å². The molecule has 1 fully saturated rings. The zero-order valence-corrected chi connectivity index (χ0v) is 21.7. The molecular formula is C28H37N5O4. The zero-order valence-electron chi connectivity index (χ0n) is 21.7. The molecule has 37 heavy (non-hydrogen) atoms. The standard InChI is InChI=1S/C28H37N5O4/c1-3-36-26-12-5-4-11-25(26)30-28(35)37-19-18-32-14-16-33(17-15-32)24-10-6-9-23(20-24)29-27(34)22-8-7-13-31(2)21-22/h4-6,8-12,20H,3,7,13-19,21H2,1-2H3,(H,29,34)(H,30,35). The second-order valence-electron chi connectivity index (χ2n) is 9.28. The van der Waals surface area contributed by atoms with Gasteiger partial charge in [0.25, 0.3) is 5.91 Å². The third kappa shape index (κ3) is 7.71. The van der Waals surface area contributed by atoms with Crippen molar-refractivity contribution in [2.24, 2.45) is 0 Å². The summed E-state index contributed by atoms with van der Waals surface area (Å²) in [5.41, 5.74) is 3.33. The molecule has 0 aliphatic carbocycles. The lowest BCUT2D eigenvalue weighted by atomic mass is 10.1. The number of hydrogen-bond acceptors (Lipinski definition) is 7. The minimum atomic E-state index is -0.486. The molecule has 0 spiro atoms. The monoisotopic (exact) mass is 507 g/mol. The molecule has 198 valence electrons. The average molecular weight is 508 g/mol. The van der Waals surface area contributed by atoms with Crippen LogP contribution in [0.5, 0.6) is 5.75 Å². The number of ether oxygens (including phenoxy) is 2. The van der Waals surface area contributed by atoms with Crippen molar-refractivity contribution < 1.29 is 19.1 Å². The number of hydrogen-bond donors (Lipinski definition) is 2. The van der Waals surface area contributed by atoms with Crippen LogP contribution in [0, 0.1) is 0 Å². The highest BCUT2D eigenvalue weighted by molar-refractivity contribution is 6.04. The van der Waals surface area contributed by atoms with Crippen LogP contribution in [0.4, 0.5) is 21.9 Å². The Bertz CT molecular complexity index is 1100. The topological polar surface area (TPSA) is 86.4 Å². The van der Waals surface area contributed by atoms with Crippen LogP contribution in [-0.2, 0) is 9.53 Å². The van der Waals surface area contributed by atoms with Crippen LogP contribution in [-0.4, -0.2) is 87.9 Å². The number of carbonyl (C=O) groups excluding carboxylic acids is 2. The maximum Gasteiger partial charge on any atom is 0.411 e. The SMILES string of the molecule is CCOc1ccccc1NC(=O)OCCN1CCN(c2cccc(NC(=O)C3=CCCN(C)C3)c2)CC1. The summed E-state index contributed by atoms with van der Waals surface area (Å²) in [5.74, 6) is 0.597. The van der Waals surface area contributed by atoms with E-state index >= 15 is 0 Å². The van der Waals surface area contributed by atoms with Crippen molar-refractivity contribution in [3.8, 4) is 5.75 Å². The van der Waals surface area contributed by atoms with Crippen LogP contribution >= 0.6 is 0 Å². The summed E-state index contributed by atoms with van der Waals surface area (Å²) in [6.07, 6.45) is 2.45. The Morgan fingerprint density at radius 2 is 1.78 bits per heavy atom. The molecule has 0 atom stereocenters. The smallest absolute Gasteiger partial charge is 0.411 e. The van der Waals surface area contributed by atoms with E-state index in [9.17, 15) is 9.59 Å². The zero-order chi connectivity index (χ0) is 26.0. The summed E-state index contributed by atoms with van der Waals surface area (Å²) in [4.78, 5) is 31.7. The molecule has 2 aromatic rings. The minimum absolute atomic E-state index is 0.0288. The van der Waals surface area contributed by atoms with E-state index in [0.717, 1.165) is 56.1 Å². The average Bonchev–Trinajstić information content (AvgIpc) is 2.90. The number of benzene rings is 2. The molecule has 0 radical (unpaired) electrons. The fourth-order valence-electron chi connectivity index (χ4n) is 4.54. The number of rotatable bonds is 9. The van der Waals surface area contributed by atoms with Crippen molar-refractivity contribution in [2.75, 3.05) is 81.6 Å². The van der Waals surface area contributed by atoms with Crippen molar-refractivity contribution in [1.82, 2.24) is 9.80 Å². The Hall–Kier alpha value is -3.56. The van der Waals surface area contributed by atoms with Gasteiger partial charge in [0, 0.05) is 62.8 Å². The fourth-order valence-corrected chi connectivity index (χ4v) is 4.54. The lowest BCUT2D eigenvalue weighted by molar-refractivity contribution is -0.113. The number of nitrogens with one attached hydrogen (secondary N) is 2. The van der Waals surface area contributed by atoms with Crippen LogP contribution in [0.15, 0.2) is 60.2 Å². The van der Waals surface area contributed by atoms with Gasteiger partial charge in [-0.25, -0.2) is 4.79 Å². The van der Waals surface area contributed by atoms with Gasteiger partial charge in [-0.15, -0.1) is 0 Å². The number of likely N-dealkylation sites (N-methyl/N-ethyl adjacent to an activating group) is 1. The normalized spacial score (nSPS) is 16.6. The molecule has 2 aliphatic rings. The first-order chi connectivity index (χ1) is 18.0. The first kappa shape index (κ1) is 26.5. The van der Waals surface area contributed by atoms with Crippen LogP contribution in [0.2, 0.25) is 0 Å². The number of nitrogens with zero attached hydrogens (tertiary/aromatic N) is 3. The van der Waals surface area contributed by atoms with Gasteiger partial charge >= 0.3 is 6.09 Å².